The van der Waals surface area contributed by atoms with Gasteiger partial charge in [-0.05, 0) is 45.6 Å². The van der Waals surface area contributed by atoms with Crippen molar-refractivity contribution in [1.82, 2.24) is 9.62 Å². The summed E-state index contributed by atoms with van der Waals surface area (Å²) in [6.45, 7) is 2.99. The molecule has 0 aliphatic rings. The van der Waals surface area contributed by atoms with Gasteiger partial charge in [0.25, 0.3) is 0 Å². The normalized spacial score (nSPS) is 12.9. The smallest absolute Gasteiger partial charge is 0.320 e. The van der Waals surface area contributed by atoms with Crippen LogP contribution in [0.3, 0.4) is 0 Å². The summed E-state index contributed by atoms with van der Waals surface area (Å²) in [6.07, 6.45) is 0. The fourth-order valence-electron chi connectivity index (χ4n) is 1.83. The monoisotopic (exact) mass is 343 g/mol. The molecule has 23 heavy (non-hydrogen) atoms. The average molecular weight is 343 g/mol. The summed E-state index contributed by atoms with van der Waals surface area (Å²) in [5, 5.41) is 11.5. The third-order valence-corrected chi connectivity index (χ3v) is 5.00. The van der Waals surface area contributed by atoms with Crippen molar-refractivity contribution in [2.24, 2.45) is 0 Å². The summed E-state index contributed by atoms with van der Waals surface area (Å²) in [5.41, 5.74) is 0.875. The van der Waals surface area contributed by atoms with E-state index >= 15 is 0 Å². The molecule has 128 valence electrons. The average Bonchev–Trinajstić information content (AvgIpc) is 2.47. The topological polar surface area (TPSA) is 116 Å². The number of carboxylic acid groups (broad SMARTS) is 1. The van der Waals surface area contributed by atoms with Gasteiger partial charge in [0.05, 0.1) is 11.4 Å². The molecular formula is C14H21N3O5S. The number of carbonyl (C=O) groups excluding carboxylic acids is 1. The molecule has 1 atom stereocenters. The van der Waals surface area contributed by atoms with Crippen molar-refractivity contribution in [2.75, 3.05) is 26.0 Å². The highest BCUT2D eigenvalue weighted by Crippen LogP contribution is 2.19. The van der Waals surface area contributed by atoms with E-state index in [1.807, 2.05) is 0 Å². The number of nitrogens with one attached hydrogen (secondary N) is 2. The Morgan fingerprint density at radius 1 is 1.35 bits per heavy atom. The minimum atomic E-state index is -3.62. The molecule has 0 aliphatic carbocycles. The summed E-state index contributed by atoms with van der Waals surface area (Å²) in [4.78, 5) is 24.3. The van der Waals surface area contributed by atoms with Gasteiger partial charge in [0.1, 0.15) is 6.04 Å². The molecule has 3 N–H and O–H groups in total. The minimum Gasteiger partial charge on any atom is -0.480 e. The van der Waals surface area contributed by atoms with Gasteiger partial charge in [0.2, 0.25) is 15.9 Å². The first-order valence-corrected chi connectivity index (χ1v) is 8.34. The highest BCUT2D eigenvalue weighted by atomic mass is 32.2. The lowest BCUT2D eigenvalue weighted by Crippen LogP contribution is -2.40. The van der Waals surface area contributed by atoms with Crippen molar-refractivity contribution in [1.29, 1.82) is 0 Å². The molecule has 0 saturated carbocycles. The predicted octanol–water partition coefficient (Wildman–Crippen LogP) is 0.247. The number of carboxylic acids is 1. The molecule has 0 spiro atoms. The van der Waals surface area contributed by atoms with Gasteiger partial charge in [-0.1, -0.05) is 6.07 Å². The standard InChI is InChI=1S/C14H21N3O5S/c1-9-5-6-11(7-12(9)23(21,22)15-3)16-13(18)8-17(4)10(2)14(19)20/h5-7,10,15H,8H2,1-4H3,(H,16,18)(H,19,20). The molecule has 0 radical (unpaired) electrons. The lowest BCUT2D eigenvalue weighted by molar-refractivity contribution is -0.142. The Labute approximate surface area is 135 Å². The molecule has 9 heteroatoms. The van der Waals surface area contributed by atoms with Crippen LogP contribution in [0.5, 0.6) is 0 Å². The Hall–Kier alpha value is -1.97. The number of rotatable bonds is 7. The number of anilines is 1. The van der Waals surface area contributed by atoms with Crippen molar-refractivity contribution >= 4 is 27.6 Å². The summed E-state index contributed by atoms with van der Waals surface area (Å²) < 4.78 is 26.0. The Morgan fingerprint density at radius 3 is 2.48 bits per heavy atom. The highest BCUT2D eigenvalue weighted by Gasteiger charge is 2.20. The first-order valence-electron chi connectivity index (χ1n) is 6.85. The second-order valence-corrected chi connectivity index (χ2v) is 7.02. The second kappa shape index (κ2) is 7.53. The molecule has 0 bridgehead atoms. The predicted molar refractivity (Wildman–Crippen MR) is 85.8 cm³/mol. The highest BCUT2D eigenvalue weighted by molar-refractivity contribution is 7.89. The van der Waals surface area contributed by atoms with Crippen LogP contribution in [-0.2, 0) is 19.6 Å². The van der Waals surface area contributed by atoms with Gasteiger partial charge in [0.15, 0.2) is 0 Å². The number of aliphatic carboxylic acids is 1. The van der Waals surface area contributed by atoms with Crippen LogP contribution in [-0.4, -0.2) is 57.0 Å². The Balaban J connectivity index is 2.88. The number of carbonyl (C=O) groups is 2. The first-order chi connectivity index (χ1) is 10.6. The molecule has 0 heterocycles. The molecule has 0 fully saturated rings. The molecule has 0 saturated heterocycles. The van der Waals surface area contributed by atoms with E-state index in [0.717, 1.165) is 0 Å². The molecule has 8 nitrogen and oxygen atoms in total. The minimum absolute atomic E-state index is 0.0741. The van der Waals surface area contributed by atoms with E-state index in [4.69, 9.17) is 5.11 Å². The first kappa shape index (κ1) is 19.1. The van der Waals surface area contributed by atoms with Gasteiger partial charge in [-0.2, -0.15) is 0 Å². The van der Waals surface area contributed by atoms with Crippen molar-refractivity contribution in [3.63, 3.8) is 0 Å². The lowest BCUT2D eigenvalue weighted by atomic mass is 10.2. The van der Waals surface area contributed by atoms with Crippen LogP contribution in [0.1, 0.15) is 12.5 Å². The van der Waals surface area contributed by atoms with E-state index in [2.05, 4.69) is 10.0 Å². The van der Waals surface area contributed by atoms with Crippen molar-refractivity contribution in [3.05, 3.63) is 23.8 Å². The van der Waals surface area contributed by atoms with E-state index in [0.29, 0.717) is 11.3 Å². The number of aryl methyl sites for hydroxylation is 1. The third kappa shape index (κ3) is 5.02. The van der Waals surface area contributed by atoms with Crippen LogP contribution >= 0.6 is 0 Å². The van der Waals surface area contributed by atoms with E-state index in [1.54, 1.807) is 19.1 Å². The van der Waals surface area contributed by atoms with Crippen LogP contribution in [0.4, 0.5) is 5.69 Å². The van der Waals surface area contributed by atoms with Crippen LogP contribution < -0.4 is 10.0 Å². The van der Waals surface area contributed by atoms with E-state index in [-0.39, 0.29) is 11.4 Å². The fraction of sp³-hybridized carbons (Fsp3) is 0.429. The van der Waals surface area contributed by atoms with Gasteiger partial charge in [-0.25, -0.2) is 13.1 Å². The maximum Gasteiger partial charge on any atom is 0.320 e. The zero-order valence-electron chi connectivity index (χ0n) is 13.5. The van der Waals surface area contributed by atoms with Gasteiger partial charge in [-0.15, -0.1) is 0 Å². The van der Waals surface area contributed by atoms with Gasteiger partial charge >= 0.3 is 5.97 Å². The quantitative estimate of drug-likeness (QED) is 0.653. The Morgan fingerprint density at radius 2 is 1.96 bits per heavy atom. The van der Waals surface area contributed by atoms with Gasteiger partial charge in [-0.3, -0.25) is 14.5 Å². The maximum atomic E-state index is 12.0. The zero-order valence-corrected chi connectivity index (χ0v) is 14.3. The molecule has 0 aromatic heterocycles. The van der Waals surface area contributed by atoms with Gasteiger partial charge in [0, 0.05) is 5.69 Å². The number of sulfonamides is 1. The summed E-state index contributed by atoms with van der Waals surface area (Å²) in [6, 6.07) is 3.73. The molecular weight excluding hydrogens is 322 g/mol. The number of hydrogen-bond donors (Lipinski definition) is 3. The molecule has 1 aromatic rings. The van der Waals surface area contributed by atoms with Crippen LogP contribution in [0.25, 0.3) is 0 Å². The Bertz CT molecular complexity index is 702. The maximum absolute atomic E-state index is 12.0. The van der Waals surface area contributed by atoms with Crippen molar-refractivity contribution < 1.29 is 23.1 Å². The van der Waals surface area contributed by atoms with E-state index < -0.39 is 27.9 Å². The number of benzene rings is 1. The van der Waals surface area contributed by atoms with Gasteiger partial charge < -0.3 is 10.4 Å². The van der Waals surface area contributed by atoms with E-state index in [9.17, 15) is 18.0 Å². The number of hydrogen-bond acceptors (Lipinski definition) is 5. The fourth-order valence-corrected chi connectivity index (χ4v) is 2.82. The SMILES string of the molecule is CNS(=O)(=O)c1cc(NC(=O)CN(C)C(C)C(=O)O)ccc1C. The number of nitrogens with zero attached hydrogens (tertiary/aromatic N) is 1. The molecule has 1 unspecified atom stereocenters. The summed E-state index contributed by atoms with van der Waals surface area (Å²) in [7, 11) is -0.798. The van der Waals surface area contributed by atoms with Crippen LogP contribution in [0, 0.1) is 6.92 Å². The molecule has 1 rings (SSSR count). The number of amides is 1. The second-order valence-electron chi connectivity index (χ2n) is 5.17. The third-order valence-electron chi connectivity index (χ3n) is 3.44. The number of likely N-dealkylation sites (N-methyl/N-ethyl adjacent to an activating group) is 1. The molecule has 1 amide bonds. The van der Waals surface area contributed by atoms with Crippen molar-refractivity contribution in [2.45, 2.75) is 24.8 Å². The van der Waals surface area contributed by atoms with Crippen molar-refractivity contribution in [3.8, 4) is 0 Å². The Kier molecular flexibility index (Phi) is 6.25. The molecule has 0 aliphatic heterocycles. The molecule has 1 aromatic carbocycles. The summed E-state index contributed by atoms with van der Waals surface area (Å²) >= 11 is 0. The lowest BCUT2D eigenvalue weighted by Gasteiger charge is -2.20. The van der Waals surface area contributed by atoms with E-state index in [1.165, 1.54) is 32.0 Å². The summed E-state index contributed by atoms with van der Waals surface area (Å²) in [5.74, 6) is -1.46. The van der Waals surface area contributed by atoms with Crippen LogP contribution in [0.15, 0.2) is 23.1 Å². The largest absolute Gasteiger partial charge is 0.480 e. The van der Waals surface area contributed by atoms with Crippen LogP contribution in [0.2, 0.25) is 0 Å². The zero-order chi connectivity index (χ0) is 17.8.